The van der Waals surface area contributed by atoms with Gasteiger partial charge in [-0.15, -0.1) is 0 Å². The van der Waals surface area contributed by atoms with Crippen molar-refractivity contribution in [2.24, 2.45) is 5.73 Å². The van der Waals surface area contributed by atoms with Crippen molar-refractivity contribution in [2.45, 2.75) is 16.4 Å². The zero-order valence-corrected chi connectivity index (χ0v) is 20.7. The van der Waals surface area contributed by atoms with Crippen LogP contribution in [0.25, 0.3) is 0 Å². The predicted molar refractivity (Wildman–Crippen MR) is 134 cm³/mol. The average Bonchev–Trinajstić information content (AvgIpc) is 2.79. The molecule has 166 valence electrons. The highest BCUT2D eigenvalue weighted by Crippen LogP contribution is 2.36. The SMILES string of the molecule is CN1CCN(c2ncc(Sc3ccc(C(N)=O)c(I)c3)c(OCc3ccccc3)n2)CC1. The van der Waals surface area contributed by atoms with Gasteiger partial charge in [0.05, 0.1) is 16.7 Å². The number of aromatic nitrogens is 2. The van der Waals surface area contributed by atoms with Gasteiger partial charge in [0.25, 0.3) is 0 Å². The summed E-state index contributed by atoms with van der Waals surface area (Å²) in [4.78, 5) is 27.2. The van der Waals surface area contributed by atoms with Crippen LogP contribution in [0.3, 0.4) is 0 Å². The number of carbonyl (C=O) groups is 1. The number of piperazine rings is 1. The molecule has 9 heteroatoms. The van der Waals surface area contributed by atoms with Crippen LogP contribution in [0, 0.1) is 3.57 Å². The van der Waals surface area contributed by atoms with Crippen LogP contribution in [0.5, 0.6) is 5.88 Å². The van der Waals surface area contributed by atoms with Crippen molar-refractivity contribution in [3.8, 4) is 5.88 Å². The van der Waals surface area contributed by atoms with Crippen LogP contribution in [0.4, 0.5) is 5.95 Å². The molecule has 0 saturated carbocycles. The van der Waals surface area contributed by atoms with E-state index in [-0.39, 0.29) is 0 Å². The number of anilines is 1. The minimum atomic E-state index is -0.433. The summed E-state index contributed by atoms with van der Waals surface area (Å²) in [7, 11) is 2.12. The molecule has 0 unspecified atom stereocenters. The Balaban J connectivity index is 1.59. The third-order valence-electron chi connectivity index (χ3n) is 5.15. The number of likely N-dealkylation sites (N-methyl/N-ethyl adjacent to an activating group) is 1. The van der Waals surface area contributed by atoms with Crippen LogP contribution < -0.4 is 15.4 Å². The quantitative estimate of drug-likeness (QED) is 0.441. The number of nitrogens with two attached hydrogens (primary N) is 1. The average molecular weight is 561 g/mol. The predicted octanol–water partition coefficient (Wildman–Crippen LogP) is 3.66. The van der Waals surface area contributed by atoms with Crippen molar-refractivity contribution in [2.75, 3.05) is 38.1 Å². The van der Waals surface area contributed by atoms with E-state index in [0.29, 0.717) is 24.0 Å². The molecule has 32 heavy (non-hydrogen) atoms. The van der Waals surface area contributed by atoms with Crippen LogP contribution in [0.15, 0.2) is 64.5 Å². The summed E-state index contributed by atoms with van der Waals surface area (Å²) in [6.07, 6.45) is 1.82. The fourth-order valence-electron chi connectivity index (χ4n) is 3.29. The van der Waals surface area contributed by atoms with E-state index in [0.717, 1.165) is 45.1 Å². The monoisotopic (exact) mass is 561 g/mol. The Bertz CT molecular complexity index is 1090. The first-order chi connectivity index (χ1) is 15.5. The van der Waals surface area contributed by atoms with E-state index < -0.39 is 5.91 Å². The van der Waals surface area contributed by atoms with Crippen molar-refractivity contribution < 1.29 is 9.53 Å². The Labute approximate surface area is 205 Å². The molecular weight excluding hydrogens is 537 g/mol. The number of nitrogens with zero attached hydrogens (tertiary/aromatic N) is 4. The number of ether oxygens (including phenoxy) is 1. The highest BCUT2D eigenvalue weighted by Gasteiger charge is 2.19. The second-order valence-corrected chi connectivity index (χ2v) is 9.79. The Kier molecular flexibility index (Phi) is 7.48. The number of amides is 1. The van der Waals surface area contributed by atoms with E-state index in [4.69, 9.17) is 15.5 Å². The minimum absolute atomic E-state index is 0.422. The van der Waals surface area contributed by atoms with Crippen LogP contribution in [0.1, 0.15) is 15.9 Å². The normalized spacial score (nSPS) is 14.4. The molecular formula is C23H24IN5O2S. The Morgan fingerprint density at radius 1 is 1.16 bits per heavy atom. The van der Waals surface area contributed by atoms with E-state index in [2.05, 4.69) is 44.4 Å². The summed E-state index contributed by atoms with van der Waals surface area (Å²) in [5.41, 5.74) is 7.02. The zero-order chi connectivity index (χ0) is 22.5. The molecule has 1 aliphatic rings. The second kappa shape index (κ2) is 10.5. The van der Waals surface area contributed by atoms with Crippen molar-refractivity contribution in [3.63, 3.8) is 0 Å². The molecule has 0 radical (unpaired) electrons. The van der Waals surface area contributed by atoms with Crippen LogP contribution in [0.2, 0.25) is 0 Å². The van der Waals surface area contributed by atoms with Crippen LogP contribution in [-0.2, 0) is 6.61 Å². The number of hydrogen-bond donors (Lipinski definition) is 1. The van der Waals surface area contributed by atoms with Gasteiger partial charge in [-0.25, -0.2) is 4.98 Å². The van der Waals surface area contributed by atoms with Crippen molar-refractivity contribution in [1.29, 1.82) is 0 Å². The molecule has 1 aliphatic heterocycles. The van der Waals surface area contributed by atoms with Gasteiger partial charge in [-0.3, -0.25) is 4.79 Å². The number of rotatable bonds is 7. The molecule has 1 aromatic heterocycles. The van der Waals surface area contributed by atoms with Gasteiger partial charge in [0.2, 0.25) is 17.7 Å². The van der Waals surface area contributed by atoms with E-state index in [1.54, 1.807) is 6.07 Å². The van der Waals surface area contributed by atoms with Gasteiger partial charge >= 0.3 is 0 Å². The van der Waals surface area contributed by atoms with Crippen molar-refractivity contribution in [1.82, 2.24) is 14.9 Å². The molecule has 0 bridgehead atoms. The van der Waals surface area contributed by atoms with Gasteiger partial charge in [-0.2, -0.15) is 4.98 Å². The largest absolute Gasteiger partial charge is 0.472 e. The molecule has 2 heterocycles. The number of benzene rings is 2. The summed E-state index contributed by atoms with van der Waals surface area (Å²) in [5, 5.41) is 0. The molecule has 0 aliphatic carbocycles. The Hall–Kier alpha value is -2.37. The summed E-state index contributed by atoms with van der Waals surface area (Å²) in [5.74, 6) is 0.804. The number of hydrogen-bond acceptors (Lipinski definition) is 7. The van der Waals surface area contributed by atoms with Gasteiger partial charge in [0.1, 0.15) is 6.61 Å². The lowest BCUT2D eigenvalue weighted by Gasteiger charge is -2.32. The van der Waals surface area contributed by atoms with E-state index >= 15 is 0 Å². The lowest BCUT2D eigenvalue weighted by Crippen LogP contribution is -2.45. The van der Waals surface area contributed by atoms with Gasteiger partial charge in [-0.1, -0.05) is 42.1 Å². The molecule has 2 N–H and O–H groups in total. The molecule has 2 aromatic carbocycles. The fraction of sp³-hybridized carbons (Fsp3) is 0.261. The van der Waals surface area contributed by atoms with Crippen LogP contribution >= 0.6 is 34.4 Å². The van der Waals surface area contributed by atoms with E-state index in [9.17, 15) is 4.79 Å². The molecule has 3 aromatic rings. The molecule has 0 atom stereocenters. The zero-order valence-electron chi connectivity index (χ0n) is 17.7. The first-order valence-corrected chi connectivity index (χ1v) is 12.1. The summed E-state index contributed by atoms with van der Waals surface area (Å²) in [6.45, 7) is 4.14. The second-order valence-electron chi connectivity index (χ2n) is 7.51. The number of halogens is 1. The molecule has 1 fully saturated rings. The topological polar surface area (TPSA) is 84.6 Å². The molecule has 1 saturated heterocycles. The van der Waals surface area contributed by atoms with Crippen molar-refractivity contribution in [3.05, 3.63) is 69.4 Å². The maximum Gasteiger partial charge on any atom is 0.249 e. The number of carbonyl (C=O) groups excluding carboxylic acids is 1. The van der Waals surface area contributed by atoms with E-state index in [1.807, 2.05) is 48.7 Å². The standard InChI is InChI=1S/C23H24IN5O2S/c1-28-9-11-29(12-10-28)23-26-14-20(22(27-23)31-15-16-5-3-2-4-6-16)32-17-7-8-18(21(25)30)19(24)13-17/h2-8,13-14H,9-12,15H2,1H3,(H2,25,30). The van der Waals surface area contributed by atoms with Crippen molar-refractivity contribution >= 4 is 46.2 Å². The highest BCUT2D eigenvalue weighted by molar-refractivity contribution is 14.1. The lowest BCUT2D eigenvalue weighted by molar-refractivity contribution is 0.0999. The van der Waals surface area contributed by atoms with Gasteiger partial charge in [0.15, 0.2) is 0 Å². The van der Waals surface area contributed by atoms with Gasteiger partial charge in [0, 0.05) is 34.6 Å². The molecule has 4 rings (SSSR count). The fourth-order valence-corrected chi connectivity index (χ4v) is 5.15. The molecule has 0 spiro atoms. The first-order valence-electron chi connectivity index (χ1n) is 10.2. The summed E-state index contributed by atoms with van der Waals surface area (Å²) in [6, 6.07) is 15.6. The first kappa shape index (κ1) is 22.8. The van der Waals surface area contributed by atoms with Crippen LogP contribution in [-0.4, -0.2) is 54.0 Å². The maximum absolute atomic E-state index is 11.5. The third-order valence-corrected chi connectivity index (χ3v) is 7.03. The smallest absolute Gasteiger partial charge is 0.249 e. The summed E-state index contributed by atoms with van der Waals surface area (Å²) < 4.78 is 6.96. The van der Waals surface area contributed by atoms with Gasteiger partial charge in [-0.05, 0) is 53.4 Å². The third kappa shape index (κ3) is 5.70. The maximum atomic E-state index is 11.5. The Morgan fingerprint density at radius 3 is 2.59 bits per heavy atom. The minimum Gasteiger partial charge on any atom is -0.472 e. The highest BCUT2D eigenvalue weighted by atomic mass is 127. The van der Waals surface area contributed by atoms with E-state index in [1.165, 1.54) is 11.8 Å². The molecule has 1 amide bonds. The molecule has 7 nitrogen and oxygen atoms in total. The summed E-state index contributed by atoms with van der Waals surface area (Å²) >= 11 is 3.63. The lowest BCUT2D eigenvalue weighted by atomic mass is 10.2. The van der Waals surface area contributed by atoms with Gasteiger partial charge < -0.3 is 20.3 Å². The Morgan fingerprint density at radius 2 is 1.91 bits per heavy atom. The number of primary amides is 1.